The standard InChI is InChI=1S/C18H18F3N3O3S/c19-18(20,21)13-5-12(16(25)22-3-1-14-9-28-10-23-14)6-15(7-13)24-17(26)11-2-4-27-8-11/h5-7,9-11H,1-4,8H2,(H,22,25)(H,24,26). The number of nitrogens with one attached hydrogen (secondary N) is 2. The summed E-state index contributed by atoms with van der Waals surface area (Å²) in [4.78, 5) is 28.6. The molecule has 6 nitrogen and oxygen atoms in total. The fraction of sp³-hybridized carbons (Fsp3) is 0.389. The quantitative estimate of drug-likeness (QED) is 0.763. The van der Waals surface area contributed by atoms with Gasteiger partial charge in [-0.2, -0.15) is 13.2 Å². The van der Waals surface area contributed by atoms with Crippen LogP contribution in [0.25, 0.3) is 0 Å². The van der Waals surface area contributed by atoms with Crippen LogP contribution in [-0.2, 0) is 22.1 Å². The molecule has 1 aliphatic heterocycles. The van der Waals surface area contributed by atoms with Gasteiger partial charge in [-0.3, -0.25) is 9.59 Å². The van der Waals surface area contributed by atoms with Crippen LogP contribution < -0.4 is 10.6 Å². The third-order valence-electron chi connectivity index (χ3n) is 4.24. The fourth-order valence-corrected chi connectivity index (χ4v) is 3.34. The van der Waals surface area contributed by atoms with E-state index < -0.39 is 29.5 Å². The largest absolute Gasteiger partial charge is 0.416 e. The summed E-state index contributed by atoms with van der Waals surface area (Å²) in [5.74, 6) is -1.49. The highest BCUT2D eigenvalue weighted by atomic mass is 32.1. The zero-order valence-corrected chi connectivity index (χ0v) is 15.5. The smallest absolute Gasteiger partial charge is 0.381 e. The van der Waals surface area contributed by atoms with Crippen molar-refractivity contribution in [3.63, 3.8) is 0 Å². The number of hydrogen-bond donors (Lipinski definition) is 2. The number of carbonyl (C=O) groups is 2. The van der Waals surface area contributed by atoms with Crippen LogP contribution in [-0.4, -0.2) is 36.6 Å². The lowest BCUT2D eigenvalue weighted by Gasteiger charge is -2.14. The molecule has 0 spiro atoms. The molecule has 2 heterocycles. The summed E-state index contributed by atoms with van der Waals surface area (Å²) in [5.41, 5.74) is 1.20. The number of aromatic nitrogens is 1. The average Bonchev–Trinajstić information content (AvgIpc) is 3.34. The van der Waals surface area contributed by atoms with E-state index in [0.717, 1.165) is 17.8 Å². The molecule has 1 aromatic heterocycles. The van der Waals surface area contributed by atoms with Crippen LogP contribution in [0.5, 0.6) is 0 Å². The molecule has 28 heavy (non-hydrogen) atoms. The van der Waals surface area contributed by atoms with Crippen LogP contribution in [0.15, 0.2) is 29.1 Å². The fourth-order valence-electron chi connectivity index (χ4n) is 2.75. The monoisotopic (exact) mass is 413 g/mol. The number of halogens is 3. The topological polar surface area (TPSA) is 80.3 Å². The van der Waals surface area contributed by atoms with E-state index in [-0.39, 0.29) is 24.4 Å². The lowest BCUT2D eigenvalue weighted by atomic mass is 10.1. The Labute approximate surface area is 163 Å². The first kappa shape index (κ1) is 20.3. The highest BCUT2D eigenvalue weighted by molar-refractivity contribution is 7.07. The Hall–Kier alpha value is -2.46. The summed E-state index contributed by atoms with van der Waals surface area (Å²) in [7, 11) is 0. The van der Waals surface area contributed by atoms with E-state index >= 15 is 0 Å². The summed E-state index contributed by atoms with van der Waals surface area (Å²) in [6, 6.07) is 2.83. The van der Waals surface area contributed by atoms with Crippen LogP contribution in [0.1, 0.15) is 28.0 Å². The summed E-state index contributed by atoms with van der Waals surface area (Å²) < 4.78 is 44.8. The van der Waals surface area contributed by atoms with Gasteiger partial charge in [0.15, 0.2) is 0 Å². The van der Waals surface area contributed by atoms with Crippen molar-refractivity contribution in [3.8, 4) is 0 Å². The van der Waals surface area contributed by atoms with E-state index in [9.17, 15) is 22.8 Å². The molecule has 0 saturated carbocycles. The maximum atomic E-state index is 13.2. The molecule has 0 radical (unpaired) electrons. The van der Waals surface area contributed by atoms with Crippen molar-refractivity contribution in [1.82, 2.24) is 10.3 Å². The van der Waals surface area contributed by atoms with Crippen LogP contribution >= 0.6 is 11.3 Å². The molecular formula is C18H18F3N3O3S. The Morgan fingerprint density at radius 1 is 1.29 bits per heavy atom. The first-order valence-corrected chi connectivity index (χ1v) is 9.53. The maximum Gasteiger partial charge on any atom is 0.416 e. The Bertz CT molecular complexity index is 834. The van der Waals surface area contributed by atoms with Gasteiger partial charge in [0.25, 0.3) is 5.91 Å². The molecular weight excluding hydrogens is 395 g/mol. The van der Waals surface area contributed by atoms with Gasteiger partial charge >= 0.3 is 6.18 Å². The van der Waals surface area contributed by atoms with E-state index in [4.69, 9.17) is 4.74 Å². The van der Waals surface area contributed by atoms with Gasteiger partial charge in [0.05, 0.1) is 29.3 Å². The zero-order chi connectivity index (χ0) is 20.1. The Morgan fingerprint density at radius 2 is 2.11 bits per heavy atom. The lowest BCUT2D eigenvalue weighted by molar-refractivity contribution is -0.137. The molecule has 150 valence electrons. The molecule has 1 unspecified atom stereocenters. The minimum atomic E-state index is -4.65. The van der Waals surface area contributed by atoms with Gasteiger partial charge in [-0.1, -0.05) is 0 Å². The second kappa shape index (κ2) is 8.70. The van der Waals surface area contributed by atoms with Gasteiger partial charge in [-0.25, -0.2) is 4.98 Å². The number of nitrogens with zero attached hydrogens (tertiary/aromatic N) is 1. The predicted molar refractivity (Wildman–Crippen MR) is 97.2 cm³/mol. The molecule has 1 atom stereocenters. The number of rotatable bonds is 6. The molecule has 0 aliphatic carbocycles. The first-order chi connectivity index (χ1) is 13.3. The summed E-state index contributed by atoms with van der Waals surface area (Å²) in [5, 5.41) is 6.87. The number of alkyl halides is 3. The molecule has 2 amide bonds. The van der Waals surface area contributed by atoms with Gasteiger partial charge in [0, 0.05) is 36.2 Å². The third kappa shape index (κ3) is 5.29. The van der Waals surface area contributed by atoms with E-state index in [0.29, 0.717) is 19.4 Å². The van der Waals surface area contributed by atoms with E-state index in [1.54, 1.807) is 5.51 Å². The van der Waals surface area contributed by atoms with Crippen molar-refractivity contribution in [2.24, 2.45) is 5.92 Å². The van der Waals surface area contributed by atoms with Crippen molar-refractivity contribution in [2.45, 2.75) is 19.0 Å². The van der Waals surface area contributed by atoms with Crippen molar-refractivity contribution >= 4 is 28.8 Å². The van der Waals surface area contributed by atoms with Gasteiger partial charge < -0.3 is 15.4 Å². The van der Waals surface area contributed by atoms with Crippen molar-refractivity contribution in [1.29, 1.82) is 0 Å². The van der Waals surface area contributed by atoms with Crippen LogP contribution in [0, 0.1) is 5.92 Å². The summed E-state index contributed by atoms with van der Waals surface area (Å²) >= 11 is 1.42. The Balaban J connectivity index is 1.73. The number of benzene rings is 1. The normalized spacial score (nSPS) is 16.8. The van der Waals surface area contributed by atoms with Gasteiger partial charge in [0.2, 0.25) is 5.91 Å². The van der Waals surface area contributed by atoms with E-state index in [1.165, 1.54) is 17.4 Å². The maximum absolute atomic E-state index is 13.2. The SMILES string of the molecule is O=C(NCCc1cscn1)c1cc(NC(=O)C2CCOC2)cc(C(F)(F)F)c1. The molecule has 0 bridgehead atoms. The van der Waals surface area contributed by atoms with Crippen molar-refractivity contribution in [3.05, 3.63) is 45.9 Å². The van der Waals surface area contributed by atoms with Gasteiger partial charge in [-0.15, -0.1) is 11.3 Å². The number of carbonyl (C=O) groups excluding carboxylic acids is 2. The molecule has 1 saturated heterocycles. The first-order valence-electron chi connectivity index (χ1n) is 8.59. The van der Waals surface area contributed by atoms with E-state index in [2.05, 4.69) is 15.6 Å². The molecule has 10 heteroatoms. The number of hydrogen-bond acceptors (Lipinski definition) is 5. The van der Waals surface area contributed by atoms with Crippen LogP contribution in [0.3, 0.4) is 0 Å². The highest BCUT2D eigenvalue weighted by Gasteiger charge is 2.32. The predicted octanol–water partition coefficient (Wildman–Crippen LogP) is 3.11. The molecule has 2 N–H and O–H groups in total. The zero-order valence-electron chi connectivity index (χ0n) is 14.7. The number of ether oxygens (including phenoxy) is 1. The lowest BCUT2D eigenvalue weighted by Crippen LogP contribution is -2.27. The number of thiazole rings is 1. The number of amides is 2. The van der Waals surface area contributed by atoms with Gasteiger partial charge in [0.1, 0.15) is 0 Å². The Morgan fingerprint density at radius 3 is 2.75 bits per heavy atom. The molecule has 3 rings (SSSR count). The minimum absolute atomic E-state index is 0.0728. The van der Waals surface area contributed by atoms with Crippen LogP contribution in [0.2, 0.25) is 0 Å². The summed E-state index contributed by atoms with van der Waals surface area (Å²) in [6.07, 6.45) is -3.67. The third-order valence-corrected chi connectivity index (χ3v) is 4.88. The van der Waals surface area contributed by atoms with Crippen molar-refractivity contribution in [2.75, 3.05) is 25.1 Å². The summed E-state index contributed by atoms with van der Waals surface area (Å²) in [6.45, 7) is 0.905. The van der Waals surface area contributed by atoms with Crippen molar-refractivity contribution < 1.29 is 27.5 Å². The van der Waals surface area contributed by atoms with Gasteiger partial charge in [-0.05, 0) is 24.6 Å². The molecule has 1 aromatic carbocycles. The molecule has 1 aliphatic rings. The second-order valence-electron chi connectivity index (χ2n) is 6.33. The second-order valence-corrected chi connectivity index (χ2v) is 7.05. The molecule has 2 aromatic rings. The Kier molecular flexibility index (Phi) is 6.30. The molecule has 1 fully saturated rings. The minimum Gasteiger partial charge on any atom is -0.381 e. The highest BCUT2D eigenvalue weighted by Crippen LogP contribution is 2.32. The number of anilines is 1. The van der Waals surface area contributed by atoms with E-state index in [1.807, 2.05) is 5.38 Å². The average molecular weight is 413 g/mol. The van der Waals surface area contributed by atoms with Crippen LogP contribution in [0.4, 0.5) is 18.9 Å².